The molecule has 0 fully saturated rings. The number of ether oxygens (including phenoxy) is 2. The Morgan fingerprint density at radius 1 is 1.10 bits per heavy atom. The van der Waals surface area contributed by atoms with Crippen molar-refractivity contribution in [1.29, 1.82) is 0 Å². The standard InChI is InChI=1S/C21H23FN2O5/c1-3-24(13-15-5-4-6-17(22)11-15)19(25)14-29-20(26)12-23-21(27)16-7-9-18(28-2)10-8-16/h4-11H,3,12-14H2,1-2H3,(H,23,27). The second-order valence-corrected chi connectivity index (χ2v) is 6.11. The molecular formula is C21H23FN2O5. The van der Waals surface area contributed by atoms with E-state index in [-0.39, 0.29) is 18.9 Å². The number of amides is 2. The number of nitrogens with one attached hydrogen (secondary N) is 1. The maximum atomic E-state index is 13.3. The lowest BCUT2D eigenvalue weighted by Gasteiger charge is -2.21. The maximum Gasteiger partial charge on any atom is 0.325 e. The summed E-state index contributed by atoms with van der Waals surface area (Å²) in [5.74, 6) is -1.37. The number of carbonyl (C=O) groups is 3. The topological polar surface area (TPSA) is 84.9 Å². The Kier molecular flexibility index (Phi) is 8.14. The number of halogens is 1. The normalized spacial score (nSPS) is 10.2. The third-order valence-electron chi connectivity index (χ3n) is 4.10. The molecule has 0 aliphatic carbocycles. The van der Waals surface area contributed by atoms with Gasteiger partial charge in [-0.1, -0.05) is 12.1 Å². The van der Waals surface area contributed by atoms with Crippen molar-refractivity contribution in [2.24, 2.45) is 0 Å². The summed E-state index contributed by atoms with van der Waals surface area (Å²) in [7, 11) is 1.52. The Labute approximate surface area is 168 Å². The lowest BCUT2D eigenvalue weighted by Crippen LogP contribution is -2.36. The van der Waals surface area contributed by atoms with Crippen molar-refractivity contribution < 1.29 is 28.2 Å². The van der Waals surface area contributed by atoms with Crippen LogP contribution in [0.3, 0.4) is 0 Å². The number of rotatable bonds is 9. The number of likely N-dealkylation sites (N-methyl/N-ethyl adjacent to an activating group) is 1. The van der Waals surface area contributed by atoms with Crippen molar-refractivity contribution in [2.45, 2.75) is 13.5 Å². The molecule has 1 N–H and O–H groups in total. The summed E-state index contributed by atoms with van der Waals surface area (Å²) in [4.78, 5) is 37.5. The Balaban J connectivity index is 1.77. The van der Waals surface area contributed by atoms with E-state index >= 15 is 0 Å². The van der Waals surface area contributed by atoms with Gasteiger partial charge >= 0.3 is 5.97 Å². The second-order valence-electron chi connectivity index (χ2n) is 6.11. The molecule has 0 heterocycles. The summed E-state index contributed by atoms with van der Waals surface area (Å²) >= 11 is 0. The molecule has 0 spiro atoms. The average Bonchev–Trinajstić information content (AvgIpc) is 2.74. The van der Waals surface area contributed by atoms with E-state index in [0.717, 1.165) is 0 Å². The first-order valence-corrected chi connectivity index (χ1v) is 9.03. The van der Waals surface area contributed by atoms with Gasteiger partial charge in [-0.15, -0.1) is 0 Å². The van der Waals surface area contributed by atoms with Gasteiger partial charge < -0.3 is 19.7 Å². The van der Waals surface area contributed by atoms with E-state index < -0.39 is 24.4 Å². The van der Waals surface area contributed by atoms with Crippen LogP contribution in [0.2, 0.25) is 0 Å². The van der Waals surface area contributed by atoms with Crippen LogP contribution in [0.4, 0.5) is 4.39 Å². The molecule has 29 heavy (non-hydrogen) atoms. The summed E-state index contributed by atoms with van der Waals surface area (Å²) in [6, 6.07) is 12.3. The minimum Gasteiger partial charge on any atom is -0.497 e. The predicted molar refractivity (Wildman–Crippen MR) is 104 cm³/mol. The quantitative estimate of drug-likeness (QED) is 0.650. The van der Waals surface area contributed by atoms with Crippen LogP contribution in [0.5, 0.6) is 5.75 Å². The highest BCUT2D eigenvalue weighted by molar-refractivity contribution is 5.96. The van der Waals surface area contributed by atoms with Crippen LogP contribution in [-0.2, 0) is 20.9 Å². The van der Waals surface area contributed by atoms with E-state index in [2.05, 4.69) is 5.32 Å². The number of nitrogens with zero attached hydrogens (tertiary/aromatic N) is 1. The fraction of sp³-hybridized carbons (Fsp3) is 0.286. The monoisotopic (exact) mass is 402 g/mol. The van der Waals surface area contributed by atoms with Gasteiger partial charge in [-0.3, -0.25) is 14.4 Å². The van der Waals surface area contributed by atoms with Crippen molar-refractivity contribution in [3.63, 3.8) is 0 Å². The first kappa shape index (κ1) is 21.9. The van der Waals surface area contributed by atoms with Gasteiger partial charge in [-0.05, 0) is 48.9 Å². The SMILES string of the molecule is CCN(Cc1cccc(F)c1)C(=O)COC(=O)CNC(=O)c1ccc(OC)cc1. The molecule has 2 aromatic carbocycles. The third-order valence-corrected chi connectivity index (χ3v) is 4.10. The largest absolute Gasteiger partial charge is 0.497 e. The van der Waals surface area contributed by atoms with Crippen LogP contribution in [0.25, 0.3) is 0 Å². The molecule has 0 saturated carbocycles. The molecule has 2 rings (SSSR count). The van der Waals surface area contributed by atoms with Crippen molar-refractivity contribution in [1.82, 2.24) is 10.2 Å². The highest BCUT2D eigenvalue weighted by Gasteiger charge is 2.16. The molecule has 0 saturated heterocycles. The Bertz CT molecular complexity index is 854. The molecule has 0 aliphatic rings. The molecule has 2 aromatic rings. The van der Waals surface area contributed by atoms with Gasteiger partial charge in [0.15, 0.2) is 6.61 Å². The number of methoxy groups -OCH3 is 1. The molecule has 8 heteroatoms. The lowest BCUT2D eigenvalue weighted by molar-refractivity contribution is -0.151. The highest BCUT2D eigenvalue weighted by atomic mass is 19.1. The van der Waals surface area contributed by atoms with E-state index in [1.807, 2.05) is 0 Å². The number of benzene rings is 2. The van der Waals surface area contributed by atoms with E-state index in [9.17, 15) is 18.8 Å². The molecular weight excluding hydrogens is 379 g/mol. The minimum atomic E-state index is -0.734. The van der Waals surface area contributed by atoms with E-state index in [1.54, 1.807) is 43.3 Å². The first-order chi connectivity index (χ1) is 13.9. The molecule has 7 nitrogen and oxygen atoms in total. The van der Waals surface area contributed by atoms with Gasteiger partial charge in [-0.25, -0.2) is 4.39 Å². The van der Waals surface area contributed by atoms with E-state index in [1.165, 1.54) is 24.1 Å². The van der Waals surface area contributed by atoms with Crippen molar-refractivity contribution >= 4 is 17.8 Å². The van der Waals surface area contributed by atoms with E-state index in [4.69, 9.17) is 9.47 Å². The Hall–Kier alpha value is -3.42. The van der Waals surface area contributed by atoms with E-state index in [0.29, 0.717) is 23.4 Å². The average molecular weight is 402 g/mol. The zero-order valence-corrected chi connectivity index (χ0v) is 16.3. The van der Waals surface area contributed by atoms with Crippen LogP contribution in [0.15, 0.2) is 48.5 Å². The predicted octanol–water partition coefficient (Wildman–Crippen LogP) is 2.16. The first-order valence-electron chi connectivity index (χ1n) is 9.03. The Morgan fingerprint density at radius 2 is 1.83 bits per heavy atom. The van der Waals surface area contributed by atoms with Crippen molar-refractivity contribution in [3.8, 4) is 5.75 Å². The minimum absolute atomic E-state index is 0.207. The summed E-state index contributed by atoms with van der Waals surface area (Å²) in [6.45, 7) is 1.53. The number of hydrogen-bond acceptors (Lipinski definition) is 5. The maximum absolute atomic E-state index is 13.3. The molecule has 0 bridgehead atoms. The molecule has 0 atom stereocenters. The summed E-state index contributed by atoms with van der Waals surface area (Å²) in [5.41, 5.74) is 1.00. The third kappa shape index (κ3) is 6.91. The van der Waals surface area contributed by atoms with Crippen LogP contribution < -0.4 is 10.1 Å². The fourth-order valence-corrected chi connectivity index (χ4v) is 2.51. The zero-order chi connectivity index (χ0) is 21.2. The molecule has 0 aromatic heterocycles. The summed E-state index contributed by atoms with van der Waals surface area (Å²) in [6.07, 6.45) is 0. The molecule has 0 unspecified atom stereocenters. The highest BCUT2D eigenvalue weighted by Crippen LogP contribution is 2.11. The number of esters is 1. The van der Waals surface area contributed by atoms with Gasteiger partial charge in [0.1, 0.15) is 18.1 Å². The number of carbonyl (C=O) groups excluding carboxylic acids is 3. The van der Waals surface area contributed by atoms with Gasteiger partial charge in [0.2, 0.25) is 0 Å². The van der Waals surface area contributed by atoms with Gasteiger partial charge in [0.05, 0.1) is 7.11 Å². The Morgan fingerprint density at radius 3 is 2.45 bits per heavy atom. The zero-order valence-electron chi connectivity index (χ0n) is 16.3. The molecule has 0 radical (unpaired) electrons. The lowest BCUT2D eigenvalue weighted by atomic mass is 10.2. The van der Waals surface area contributed by atoms with Crippen molar-refractivity contribution in [3.05, 3.63) is 65.5 Å². The van der Waals surface area contributed by atoms with Crippen LogP contribution >= 0.6 is 0 Å². The second kappa shape index (κ2) is 10.8. The van der Waals surface area contributed by atoms with Crippen molar-refractivity contribution in [2.75, 3.05) is 26.8 Å². The molecule has 0 aliphatic heterocycles. The summed E-state index contributed by atoms with van der Waals surface area (Å²) in [5, 5.41) is 2.43. The molecule has 2 amide bonds. The number of hydrogen-bond donors (Lipinski definition) is 1. The van der Waals surface area contributed by atoms with Gasteiger partial charge in [0, 0.05) is 18.7 Å². The van der Waals surface area contributed by atoms with Crippen LogP contribution in [0, 0.1) is 5.82 Å². The van der Waals surface area contributed by atoms with Crippen LogP contribution in [0.1, 0.15) is 22.8 Å². The summed E-state index contributed by atoms with van der Waals surface area (Å²) < 4.78 is 23.2. The van der Waals surface area contributed by atoms with Crippen LogP contribution in [-0.4, -0.2) is 49.5 Å². The van der Waals surface area contributed by atoms with Gasteiger partial charge in [-0.2, -0.15) is 0 Å². The smallest absolute Gasteiger partial charge is 0.325 e. The molecule has 154 valence electrons. The fourth-order valence-electron chi connectivity index (χ4n) is 2.51. The van der Waals surface area contributed by atoms with Gasteiger partial charge in [0.25, 0.3) is 11.8 Å².